The molecular formula is C7H14O3S. The van der Waals surface area contributed by atoms with Crippen LogP contribution < -0.4 is 0 Å². The first-order chi connectivity index (χ1) is 5.17. The van der Waals surface area contributed by atoms with E-state index in [-0.39, 0.29) is 5.44 Å². The normalized spacial score (nSPS) is 15.9. The molecule has 0 fully saturated rings. The zero-order valence-electron chi connectivity index (χ0n) is 7.03. The van der Waals surface area contributed by atoms with Crippen molar-refractivity contribution in [1.29, 1.82) is 0 Å². The molecule has 0 aromatic heterocycles. The molecule has 0 aromatic rings. The summed E-state index contributed by atoms with van der Waals surface area (Å²) in [6, 6.07) is 0. The van der Waals surface area contributed by atoms with Gasteiger partial charge in [-0.2, -0.15) is 0 Å². The average molecular weight is 178 g/mol. The van der Waals surface area contributed by atoms with Crippen LogP contribution in [0.3, 0.4) is 0 Å². The van der Waals surface area contributed by atoms with Crippen LogP contribution in [0.5, 0.6) is 0 Å². The Hall–Kier alpha value is -0.220. The maximum atomic E-state index is 10.6. The molecule has 0 saturated carbocycles. The quantitative estimate of drug-likeness (QED) is 0.647. The van der Waals surface area contributed by atoms with Crippen molar-refractivity contribution in [3.8, 4) is 0 Å². The first-order valence-corrected chi connectivity index (χ1v) is 4.74. The maximum absolute atomic E-state index is 10.6. The second-order valence-electron chi connectivity index (χ2n) is 2.19. The summed E-state index contributed by atoms with van der Waals surface area (Å²) in [5.41, 5.74) is -0.225. The fourth-order valence-corrected chi connectivity index (χ4v) is 1.74. The van der Waals surface area contributed by atoms with E-state index in [0.29, 0.717) is 6.42 Å². The number of methoxy groups -OCH3 is 1. The van der Waals surface area contributed by atoms with Crippen LogP contribution >= 0.6 is 11.8 Å². The smallest absolute Gasteiger partial charge is 0.310 e. The van der Waals surface area contributed by atoms with E-state index in [0.717, 1.165) is 0 Å². The molecule has 11 heavy (non-hydrogen) atoms. The molecule has 3 nitrogen and oxygen atoms in total. The lowest BCUT2D eigenvalue weighted by Gasteiger charge is -2.18. The third kappa shape index (κ3) is 3.12. The summed E-state index contributed by atoms with van der Waals surface area (Å²) in [5.74, 6) is -1.18. The summed E-state index contributed by atoms with van der Waals surface area (Å²) in [7, 11) is 1.53. The van der Waals surface area contributed by atoms with Crippen LogP contribution in [-0.2, 0) is 9.53 Å². The molecule has 0 aliphatic rings. The molecule has 0 aliphatic heterocycles. The highest BCUT2D eigenvalue weighted by atomic mass is 32.2. The minimum atomic E-state index is -0.784. The molecule has 0 radical (unpaired) electrons. The number of thioether (sulfide) groups is 1. The lowest BCUT2D eigenvalue weighted by Crippen LogP contribution is -2.26. The Balaban J connectivity index is 4.09. The highest BCUT2D eigenvalue weighted by Gasteiger charge is 2.25. The summed E-state index contributed by atoms with van der Waals surface area (Å²) >= 11 is 1.43. The number of hydrogen-bond acceptors (Lipinski definition) is 3. The van der Waals surface area contributed by atoms with Gasteiger partial charge in [0.2, 0.25) is 0 Å². The number of rotatable bonds is 5. The fourth-order valence-electron chi connectivity index (χ4n) is 0.908. The maximum Gasteiger partial charge on any atom is 0.310 e. The van der Waals surface area contributed by atoms with Crippen molar-refractivity contribution >= 4 is 17.7 Å². The zero-order chi connectivity index (χ0) is 8.85. The van der Waals surface area contributed by atoms with Crippen molar-refractivity contribution in [3.05, 3.63) is 0 Å². The lowest BCUT2D eigenvalue weighted by molar-refractivity contribution is -0.144. The largest absolute Gasteiger partial charge is 0.481 e. The van der Waals surface area contributed by atoms with Gasteiger partial charge in [0.1, 0.15) is 5.44 Å². The Bertz CT molecular complexity index is 123. The van der Waals surface area contributed by atoms with Gasteiger partial charge in [0.25, 0.3) is 0 Å². The van der Waals surface area contributed by atoms with Crippen molar-refractivity contribution in [2.24, 2.45) is 5.92 Å². The van der Waals surface area contributed by atoms with Crippen LogP contribution in [0.15, 0.2) is 0 Å². The third-order valence-corrected chi connectivity index (χ3v) is 2.54. The van der Waals surface area contributed by atoms with E-state index in [1.165, 1.54) is 18.9 Å². The van der Waals surface area contributed by atoms with Gasteiger partial charge in [-0.25, -0.2) is 0 Å². The summed E-state index contributed by atoms with van der Waals surface area (Å²) < 4.78 is 5.00. The second kappa shape index (κ2) is 5.43. The van der Waals surface area contributed by atoms with Crippen LogP contribution in [0, 0.1) is 5.92 Å². The van der Waals surface area contributed by atoms with Gasteiger partial charge < -0.3 is 9.84 Å². The Labute approximate surface area is 71.1 Å². The van der Waals surface area contributed by atoms with Crippen LogP contribution in [-0.4, -0.2) is 29.9 Å². The fraction of sp³-hybridized carbons (Fsp3) is 0.857. The molecular weight excluding hydrogens is 164 g/mol. The van der Waals surface area contributed by atoms with Gasteiger partial charge in [0.05, 0.1) is 5.92 Å². The molecule has 0 rings (SSSR count). The van der Waals surface area contributed by atoms with Crippen molar-refractivity contribution in [2.75, 3.05) is 13.4 Å². The number of ether oxygens (including phenoxy) is 1. The third-order valence-electron chi connectivity index (χ3n) is 1.55. The number of carbonyl (C=O) groups is 1. The molecule has 1 N–H and O–H groups in total. The van der Waals surface area contributed by atoms with Gasteiger partial charge in [0, 0.05) is 7.11 Å². The number of hydrogen-bond donors (Lipinski definition) is 1. The van der Waals surface area contributed by atoms with Crippen molar-refractivity contribution in [3.63, 3.8) is 0 Å². The molecule has 2 atom stereocenters. The summed E-state index contributed by atoms with van der Waals surface area (Å²) in [5, 5.41) is 8.71. The van der Waals surface area contributed by atoms with E-state index in [9.17, 15) is 4.79 Å². The van der Waals surface area contributed by atoms with Crippen molar-refractivity contribution in [2.45, 2.75) is 18.8 Å². The van der Waals surface area contributed by atoms with E-state index < -0.39 is 11.9 Å². The van der Waals surface area contributed by atoms with E-state index >= 15 is 0 Å². The van der Waals surface area contributed by atoms with E-state index in [2.05, 4.69) is 0 Å². The second-order valence-corrected chi connectivity index (χ2v) is 3.13. The SMILES string of the molecule is CCC(C(=O)O)C(OC)SC. The van der Waals surface area contributed by atoms with Crippen molar-refractivity contribution < 1.29 is 14.6 Å². The Morgan fingerprint density at radius 1 is 1.73 bits per heavy atom. The monoisotopic (exact) mass is 178 g/mol. The molecule has 0 saturated heterocycles. The van der Waals surface area contributed by atoms with Crippen LogP contribution in [0.25, 0.3) is 0 Å². The lowest BCUT2D eigenvalue weighted by atomic mass is 10.1. The molecule has 66 valence electrons. The number of carboxylic acid groups (broad SMARTS) is 1. The topological polar surface area (TPSA) is 46.5 Å². The minimum absolute atomic E-state index is 0.225. The molecule has 0 amide bonds. The minimum Gasteiger partial charge on any atom is -0.481 e. The van der Waals surface area contributed by atoms with Gasteiger partial charge >= 0.3 is 5.97 Å². The van der Waals surface area contributed by atoms with Crippen LogP contribution in [0.4, 0.5) is 0 Å². The highest BCUT2D eigenvalue weighted by Crippen LogP contribution is 2.20. The summed E-state index contributed by atoms with van der Waals surface area (Å²) in [6.45, 7) is 1.85. The average Bonchev–Trinajstić information content (AvgIpc) is 1.99. The Morgan fingerprint density at radius 2 is 2.27 bits per heavy atom. The zero-order valence-corrected chi connectivity index (χ0v) is 7.85. The van der Waals surface area contributed by atoms with Crippen LogP contribution in [0.1, 0.15) is 13.3 Å². The van der Waals surface area contributed by atoms with Gasteiger partial charge in [-0.15, -0.1) is 11.8 Å². The van der Waals surface area contributed by atoms with Gasteiger partial charge in [-0.1, -0.05) is 6.92 Å². The van der Waals surface area contributed by atoms with Crippen LogP contribution in [0.2, 0.25) is 0 Å². The molecule has 4 heteroatoms. The highest BCUT2D eigenvalue weighted by molar-refractivity contribution is 7.99. The molecule has 0 spiro atoms. The first-order valence-electron chi connectivity index (χ1n) is 3.45. The summed E-state index contributed by atoms with van der Waals surface area (Å²) in [4.78, 5) is 10.6. The van der Waals surface area contributed by atoms with Gasteiger partial charge in [0.15, 0.2) is 0 Å². The van der Waals surface area contributed by atoms with E-state index in [1.807, 2.05) is 13.2 Å². The predicted octanol–water partition coefficient (Wildman–Crippen LogP) is 1.43. The van der Waals surface area contributed by atoms with Gasteiger partial charge in [-0.3, -0.25) is 4.79 Å². The number of carboxylic acids is 1. The number of aliphatic carboxylic acids is 1. The molecule has 0 heterocycles. The molecule has 0 bridgehead atoms. The Morgan fingerprint density at radius 3 is 2.36 bits per heavy atom. The first kappa shape index (κ1) is 10.8. The Kier molecular flexibility index (Phi) is 5.32. The summed E-state index contributed by atoms with van der Waals surface area (Å²) in [6.07, 6.45) is 2.45. The standard InChI is InChI=1S/C7H14O3S/c1-4-5(6(8)9)7(10-2)11-3/h5,7H,4H2,1-3H3,(H,8,9). The van der Waals surface area contributed by atoms with Gasteiger partial charge in [-0.05, 0) is 12.7 Å². The predicted molar refractivity (Wildman–Crippen MR) is 45.7 cm³/mol. The van der Waals surface area contributed by atoms with Crippen molar-refractivity contribution in [1.82, 2.24) is 0 Å². The van der Waals surface area contributed by atoms with E-state index in [1.54, 1.807) is 0 Å². The van der Waals surface area contributed by atoms with E-state index in [4.69, 9.17) is 9.84 Å². The molecule has 2 unspecified atom stereocenters. The molecule has 0 aliphatic carbocycles. The molecule has 0 aromatic carbocycles.